The Balaban J connectivity index is 2.10. The standard InChI is InChI=1S/C12H9Cl2NS/c13-11-4-1-5-12(14)10(11)8-15-7-9-3-2-6-16-9/h1-7H,8H2. The molecule has 0 unspecified atom stereocenters. The minimum atomic E-state index is 0.510. The summed E-state index contributed by atoms with van der Waals surface area (Å²) in [6.45, 7) is 0.510. The highest BCUT2D eigenvalue weighted by molar-refractivity contribution is 7.11. The van der Waals surface area contributed by atoms with Gasteiger partial charge in [-0.15, -0.1) is 11.3 Å². The van der Waals surface area contributed by atoms with Gasteiger partial charge in [-0.05, 0) is 23.6 Å². The molecule has 0 saturated heterocycles. The highest BCUT2D eigenvalue weighted by Crippen LogP contribution is 2.24. The Morgan fingerprint density at radius 1 is 1.12 bits per heavy atom. The number of rotatable bonds is 3. The van der Waals surface area contributed by atoms with Gasteiger partial charge in [0.2, 0.25) is 0 Å². The van der Waals surface area contributed by atoms with Crippen LogP contribution < -0.4 is 0 Å². The molecule has 1 heterocycles. The van der Waals surface area contributed by atoms with Gasteiger partial charge in [0.1, 0.15) is 0 Å². The minimum absolute atomic E-state index is 0.510. The predicted octanol–water partition coefficient (Wildman–Crippen LogP) is 4.67. The van der Waals surface area contributed by atoms with E-state index in [4.69, 9.17) is 23.2 Å². The molecule has 0 aliphatic carbocycles. The second kappa shape index (κ2) is 5.48. The summed E-state index contributed by atoms with van der Waals surface area (Å²) >= 11 is 13.7. The van der Waals surface area contributed by atoms with E-state index in [0.717, 1.165) is 10.4 Å². The van der Waals surface area contributed by atoms with Gasteiger partial charge in [0.15, 0.2) is 0 Å². The quantitative estimate of drug-likeness (QED) is 0.718. The summed E-state index contributed by atoms with van der Waals surface area (Å²) in [5, 5.41) is 3.34. The highest BCUT2D eigenvalue weighted by Gasteiger charge is 2.03. The third kappa shape index (κ3) is 2.85. The van der Waals surface area contributed by atoms with E-state index in [2.05, 4.69) is 4.99 Å². The lowest BCUT2D eigenvalue weighted by Gasteiger charge is -2.02. The average Bonchev–Trinajstić information content (AvgIpc) is 2.75. The molecule has 1 aromatic carbocycles. The maximum atomic E-state index is 6.03. The SMILES string of the molecule is Clc1cccc(Cl)c1CN=Cc1cccs1. The van der Waals surface area contributed by atoms with Crippen molar-refractivity contribution in [3.8, 4) is 0 Å². The molecule has 0 radical (unpaired) electrons. The van der Waals surface area contributed by atoms with Crippen LogP contribution in [0.4, 0.5) is 0 Å². The molecule has 0 atom stereocenters. The fourth-order valence-corrected chi connectivity index (χ4v) is 2.40. The Labute approximate surface area is 108 Å². The fourth-order valence-electron chi connectivity index (χ4n) is 1.28. The van der Waals surface area contributed by atoms with Crippen LogP contribution >= 0.6 is 34.5 Å². The first kappa shape index (κ1) is 11.6. The molecule has 1 aromatic heterocycles. The molecular weight excluding hydrogens is 261 g/mol. The Hall–Kier alpha value is -0.830. The first-order chi connectivity index (χ1) is 7.77. The van der Waals surface area contributed by atoms with Crippen molar-refractivity contribution < 1.29 is 0 Å². The van der Waals surface area contributed by atoms with Crippen LogP contribution in [0.3, 0.4) is 0 Å². The van der Waals surface area contributed by atoms with Gasteiger partial charge >= 0.3 is 0 Å². The first-order valence-electron chi connectivity index (χ1n) is 4.73. The van der Waals surface area contributed by atoms with Gasteiger partial charge < -0.3 is 0 Å². The molecule has 0 saturated carbocycles. The van der Waals surface area contributed by atoms with E-state index in [1.54, 1.807) is 11.3 Å². The molecule has 4 heteroatoms. The van der Waals surface area contributed by atoms with E-state index in [-0.39, 0.29) is 0 Å². The van der Waals surface area contributed by atoms with Crippen LogP contribution in [0.2, 0.25) is 10.0 Å². The van der Waals surface area contributed by atoms with Crippen LogP contribution in [0.1, 0.15) is 10.4 Å². The van der Waals surface area contributed by atoms with Gasteiger partial charge in [-0.3, -0.25) is 4.99 Å². The van der Waals surface area contributed by atoms with E-state index < -0.39 is 0 Å². The van der Waals surface area contributed by atoms with Crippen LogP contribution in [0, 0.1) is 0 Å². The van der Waals surface area contributed by atoms with Crippen LogP contribution in [-0.2, 0) is 6.54 Å². The second-order valence-corrected chi connectivity index (χ2v) is 4.98. The summed E-state index contributed by atoms with van der Waals surface area (Å²) in [5.41, 5.74) is 0.874. The molecule has 0 aliphatic rings. The van der Waals surface area contributed by atoms with Crippen molar-refractivity contribution in [1.29, 1.82) is 0 Å². The molecule has 0 N–H and O–H groups in total. The van der Waals surface area contributed by atoms with Gasteiger partial charge in [-0.1, -0.05) is 35.3 Å². The maximum Gasteiger partial charge on any atom is 0.0669 e. The summed E-state index contributed by atoms with van der Waals surface area (Å²) in [4.78, 5) is 5.45. The summed E-state index contributed by atoms with van der Waals surface area (Å²) in [6, 6.07) is 9.49. The molecule has 16 heavy (non-hydrogen) atoms. The summed E-state index contributed by atoms with van der Waals surface area (Å²) < 4.78 is 0. The Morgan fingerprint density at radius 3 is 2.50 bits per heavy atom. The largest absolute Gasteiger partial charge is 0.287 e. The average molecular weight is 270 g/mol. The maximum absolute atomic E-state index is 6.03. The van der Waals surface area contributed by atoms with Gasteiger partial charge in [0, 0.05) is 26.7 Å². The summed E-state index contributed by atoms with van der Waals surface area (Å²) in [5.74, 6) is 0. The van der Waals surface area contributed by atoms with Crippen molar-refractivity contribution in [2.45, 2.75) is 6.54 Å². The van der Waals surface area contributed by atoms with Crippen molar-refractivity contribution in [1.82, 2.24) is 0 Å². The lowest BCUT2D eigenvalue weighted by atomic mass is 10.2. The van der Waals surface area contributed by atoms with E-state index in [1.807, 2.05) is 41.9 Å². The number of nitrogens with zero attached hydrogens (tertiary/aromatic N) is 1. The summed E-state index contributed by atoms with van der Waals surface area (Å²) in [7, 11) is 0. The molecule has 2 rings (SSSR count). The van der Waals surface area contributed by atoms with E-state index in [0.29, 0.717) is 16.6 Å². The van der Waals surface area contributed by atoms with Gasteiger partial charge in [0.25, 0.3) is 0 Å². The molecule has 0 bridgehead atoms. The zero-order valence-corrected chi connectivity index (χ0v) is 10.7. The molecule has 0 fully saturated rings. The zero-order valence-electron chi connectivity index (χ0n) is 8.36. The van der Waals surface area contributed by atoms with Crippen molar-refractivity contribution in [2.24, 2.45) is 4.99 Å². The van der Waals surface area contributed by atoms with Gasteiger partial charge in [-0.25, -0.2) is 0 Å². The van der Waals surface area contributed by atoms with Crippen molar-refractivity contribution >= 4 is 40.8 Å². The number of thiophene rings is 1. The topological polar surface area (TPSA) is 12.4 Å². The zero-order chi connectivity index (χ0) is 11.4. The number of hydrogen-bond acceptors (Lipinski definition) is 2. The molecule has 0 amide bonds. The number of benzene rings is 1. The smallest absolute Gasteiger partial charge is 0.0669 e. The Kier molecular flexibility index (Phi) is 3.99. The van der Waals surface area contributed by atoms with Gasteiger partial charge in [0.05, 0.1) is 6.54 Å². The van der Waals surface area contributed by atoms with Gasteiger partial charge in [-0.2, -0.15) is 0 Å². The number of halogens is 2. The molecular formula is C12H9Cl2NS. The molecule has 0 spiro atoms. The molecule has 82 valence electrons. The highest BCUT2D eigenvalue weighted by atomic mass is 35.5. The lowest BCUT2D eigenvalue weighted by Crippen LogP contribution is -1.86. The van der Waals surface area contributed by atoms with E-state index >= 15 is 0 Å². The van der Waals surface area contributed by atoms with E-state index in [9.17, 15) is 0 Å². The third-order valence-electron chi connectivity index (χ3n) is 2.07. The number of aliphatic imine (C=N–C) groups is 1. The minimum Gasteiger partial charge on any atom is -0.287 e. The first-order valence-corrected chi connectivity index (χ1v) is 6.37. The summed E-state index contributed by atoms with van der Waals surface area (Å²) in [6.07, 6.45) is 1.84. The van der Waals surface area contributed by atoms with Crippen LogP contribution in [0.5, 0.6) is 0 Å². The van der Waals surface area contributed by atoms with Crippen molar-refractivity contribution in [3.05, 3.63) is 56.2 Å². The van der Waals surface area contributed by atoms with Crippen molar-refractivity contribution in [2.75, 3.05) is 0 Å². The predicted molar refractivity (Wildman–Crippen MR) is 72.1 cm³/mol. The van der Waals surface area contributed by atoms with E-state index in [1.165, 1.54) is 0 Å². The number of hydrogen-bond donors (Lipinski definition) is 0. The molecule has 2 aromatic rings. The molecule has 0 aliphatic heterocycles. The van der Waals surface area contributed by atoms with Crippen LogP contribution in [-0.4, -0.2) is 6.21 Å². The van der Waals surface area contributed by atoms with Crippen molar-refractivity contribution in [3.63, 3.8) is 0 Å². The Bertz CT molecular complexity index is 471. The van der Waals surface area contributed by atoms with Crippen LogP contribution in [0.15, 0.2) is 40.7 Å². The Morgan fingerprint density at radius 2 is 1.88 bits per heavy atom. The monoisotopic (exact) mass is 269 g/mol. The normalized spacial score (nSPS) is 11.1. The third-order valence-corrected chi connectivity index (χ3v) is 3.59. The molecule has 1 nitrogen and oxygen atoms in total. The lowest BCUT2D eigenvalue weighted by molar-refractivity contribution is 1.08. The van der Waals surface area contributed by atoms with Crippen LogP contribution in [0.25, 0.3) is 0 Å². The second-order valence-electron chi connectivity index (χ2n) is 3.19. The fraction of sp³-hybridized carbons (Fsp3) is 0.0833.